The first kappa shape index (κ1) is 9.15. The molecular formula is C9H4ClFIN. The first-order valence-corrected chi connectivity index (χ1v) is 5.03. The highest BCUT2D eigenvalue weighted by atomic mass is 127. The van der Waals surface area contributed by atoms with Crippen molar-refractivity contribution in [2.24, 2.45) is 0 Å². The van der Waals surface area contributed by atoms with Crippen LogP contribution < -0.4 is 0 Å². The second kappa shape index (κ2) is 3.38. The third kappa shape index (κ3) is 1.62. The number of aromatic nitrogens is 1. The molecule has 0 aliphatic heterocycles. The Hall–Kier alpha value is -0.420. The number of nitrogens with zero attached hydrogens (tertiary/aromatic N) is 1. The number of hydrogen-bond donors (Lipinski definition) is 0. The Morgan fingerprint density at radius 1 is 1.38 bits per heavy atom. The number of benzene rings is 1. The highest BCUT2D eigenvalue weighted by Crippen LogP contribution is 2.25. The van der Waals surface area contributed by atoms with Gasteiger partial charge in [0.25, 0.3) is 0 Å². The predicted octanol–water partition coefficient (Wildman–Crippen LogP) is 3.63. The Morgan fingerprint density at radius 3 is 2.92 bits per heavy atom. The van der Waals surface area contributed by atoms with Crippen LogP contribution in [0.1, 0.15) is 0 Å². The first-order valence-electron chi connectivity index (χ1n) is 3.58. The van der Waals surface area contributed by atoms with Crippen molar-refractivity contribution < 1.29 is 4.39 Å². The van der Waals surface area contributed by atoms with Crippen molar-refractivity contribution >= 4 is 45.1 Å². The van der Waals surface area contributed by atoms with Crippen LogP contribution in [-0.4, -0.2) is 4.98 Å². The van der Waals surface area contributed by atoms with Gasteiger partial charge in [-0.3, -0.25) is 4.98 Å². The second-order valence-electron chi connectivity index (χ2n) is 2.58. The van der Waals surface area contributed by atoms with Crippen LogP contribution in [0.4, 0.5) is 4.39 Å². The Kier molecular flexibility index (Phi) is 2.38. The molecule has 1 nitrogen and oxygen atoms in total. The van der Waals surface area contributed by atoms with Gasteiger partial charge in [-0.1, -0.05) is 11.6 Å². The molecule has 0 fully saturated rings. The summed E-state index contributed by atoms with van der Waals surface area (Å²) >= 11 is 7.93. The van der Waals surface area contributed by atoms with Crippen molar-refractivity contribution in [1.29, 1.82) is 0 Å². The molecule has 1 aromatic heterocycles. The summed E-state index contributed by atoms with van der Waals surface area (Å²) in [6.07, 6.45) is 1.50. The molecule has 0 aliphatic rings. The highest BCUT2D eigenvalue weighted by Gasteiger charge is 2.05. The fourth-order valence-electron chi connectivity index (χ4n) is 1.15. The molecule has 13 heavy (non-hydrogen) atoms. The molecule has 66 valence electrons. The van der Waals surface area contributed by atoms with E-state index in [1.807, 2.05) is 28.7 Å². The number of fused-ring (bicyclic) bond motifs is 1. The Morgan fingerprint density at radius 2 is 2.15 bits per heavy atom. The van der Waals surface area contributed by atoms with Crippen LogP contribution in [0.3, 0.4) is 0 Å². The minimum absolute atomic E-state index is 0.327. The van der Waals surface area contributed by atoms with Gasteiger partial charge in [-0.15, -0.1) is 0 Å². The summed E-state index contributed by atoms with van der Waals surface area (Å²) in [5.74, 6) is -0.329. The third-order valence-electron chi connectivity index (χ3n) is 1.71. The molecule has 2 rings (SSSR count). The molecule has 0 radical (unpaired) electrons. The van der Waals surface area contributed by atoms with Crippen molar-refractivity contribution in [2.75, 3.05) is 0 Å². The molecule has 2 aromatic rings. The molecule has 0 saturated carbocycles. The average molecular weight is 307 g/mol. The van der Waals surface area contributed by atoms with Crippen LogP contribution in [0.5, 0.6) is 0 Å². The lowest BCUT2D eigenvalue weighted by atomic mass is 10.2. The standard InChI is InChI=1S/C9H4ClFIN/c10-7-1-2-13-9-6(7)3-5(12)4-8(9)11/h1-4H. The minimum atomic E-state index is -0.329. The molecule has 4 heteroatoms. The Bertz CT molecular complexity index is 472. The molecule has 0 spiro atoms. The van der Waals surface area contributed by atoms with Crippen LogP contribution in [-0.2, 0) is 0 Å². The minimum Gasteiger partial charge on any atom is -0.253 e. The number of rotatable bonds is 0. The second-order valence-corrected chi connectivity index (χ2v) is 4.23. The van der Waals surface area contributed by atoms with Gasteiger partial charge in [0, 0.05) is 15.2 Å². The van der Waals surface area contributed by atoms with E-state index in [1.165, 1.54) is 12.3 Å². The van der Waals surface area contributed by atoms with Crippen LogP contribution in [0, 0.1) is 9.39 Å². The zero-order valence-corrected chi connectivity index (χ0v) is 9.30. The maximum atomic E-state index is 13.3. The lowest BCUT2D eigenvalue weighted by molar-refractivity contribution is 0.636. The average Bonchev–Trinajstić information content (AvgIpc) is 2.07. The summed E-state index contributed by atoms with van der Waals surface area (Å²) in [4.78, 5) is 3.92. The van der Waals surface area contributed by atoms with Crippen LogP contribution in [0.25, 0.3) is 10.9 Å². The summed E-state index contributed by atoms with van der Waals surface area (Å²) in [5, 5.41) is 1.19. The van der Waals surface area contributed by atoms with Gasteiger partial charge in [0.05, 0.1) is 5.02 Å². The molecule has 0 saturated heterocycles. The van der Waals surface area contributed by atoms with Gasteiger partial charge in [0.15, 0.2) is 5.82 Å². The quantitative estimate of drug-likeness (QED) is 0.677. The van der Waals surface area contributed by atoms with Crippen molar-refractivity contribution in [1.82, 2.24) is 4.98 Å². The molecule has 1 heterocycles. The van der Waals surface area contributed by atoms with E-state index in [4.69, 9.17) is 11.6 Å². The molecule has 0 bridgehead atoms. The third-order valence-corrected chi connectivity index (χ3v) is 2.66. The monoisotopic (exact) mass is 307 g/mol. The highest BCUT2D eigenvalue weighted by molar-refractivity contribution is 14.1. The van der Waals surface area contributed by atoms with E-state index >= 15 is 0 Å². The predicted molar refractivity (Wildman–Crippen MR) is 59.4 cm³/mol. The van der Waals surface area contributed by atoms with Crippen molar-refractivity contribution in [2.45, 2.75) is 0 Å². The number of hydrogen-bond acceptors (Lipinski definition) is 1. The molecule has 0 amide bonds. The number of pyridine rings is 1. The van der Waals surface area contributed by atoms with E-state index in [1.54, 1.807) is 6.07 Å². The molecule has 0 unspecified atom stereocenters. The molecule has 0 atom stereocenters. The van der Waals surface area contributed by atoms with E-state index in [0.29, 0.717) is 15.9 Å². The number of halogens is 3. The fourth-order valence-corrected chi connectivity index (χ4v) is 1.93. The van der Waals surface area contributed by atoms with Gasteiger partial charge >= 0.3 is 0 Å². The SMILES string of the molecule is Fc1cc(I)cc2c(Cl)ccnc12. The van der Waals surface area contributed by atoms with E-state index in [2.05, 4.69) is 4.98 Å². The molecular weight excluding hydrogens is 303 g/mol. The van der Waals surface area contributed by atoms with Gasteiger partial charge < -0.3 is 0 Å². The Labute approximate surface area is 93.1 Å². The van der Waals surface area contributed by atoms with E-state index < -0.39 is 0 Å². The van der Waals surface area contributed by atoms with E-state index in [0.717, 1.165) is 3.57 Å². The smallest absolute Gasteiger partial charge is 0.150 e. The summed E-state index contributed by atoms with van der Waals surface area (Å²) < 4.78 is 14.1. The maximum Gasteiger partial charge on any atom is 0.150 e. The Balaban J connectivity index is 2.94. The summed E-state index contributed by atoms with van der Waals surface area (Å²) in [5.41, 5.74) is 0.327. The van der Waals surface area contributed by atoms with E-state index in [9.17, 15) is 4.39 Å². The van der Waals surface area contributed by atoms with Gasteiger partial charge in [0.1, 0.15) is 5.52 Å². The molecule has 0 N–H and O–H groups in total. The van der Waals surface area contributed by atoms with Gasteiger partial charge in [0.2, 0.25) is 0 Å². The largest absolute Gasteiger partial charge is 0.253 e. The van der Waals surface area contributed by atoms with Crippen molar-refractivity contribution in [3.63, 3.8) is 0 Å². The van der Waals surface area contributed by atoms with E-state index in [-0.39, 0.29) is 5.82 Å². The van der Waals surface area contributed by atoms with Crippen LogP contribution in [0.15, 0.2) is 24.4 Å². The van der Waals surface area contributed by atoms with Gasteiger partial charge in [-0.25, -0.2) is 4.39 Å². The topological polar surface area (TPSA) is 12.9 Å². The lowest BCUT2D eigenvalue weighted by Gasteiger charge is -2.01. The fraction of sp³-hybridized carbons (Fsp3) is 0. The first-order chi connectivity index (χ1) is 6.18. The van der Waals surface area contributed by atoms with Gasteiger partial charge in [-0.2, -0.15) is 0 Å². The maximum absolute atomic E-state index is 13.3. The van der Waals surface area contributed by atoms with Crippen molar-refractivity contribution in [3.8, 4) is 0 Å². The van der Waals surface area contributed by atoms with Crippen LogP contribution >= 0.6 is 34.2 Å². The summed E-state index contributed by atoms with van der Waals surface area (Å²) in [6, 6.07) is 4.90. The zero-order chi connectivity index (χ0) is 9.42. The van der Waals surface area contributed by atoms with Crippen molar-refractivity contribution in [3.05, 3.63) is 38.8 Å². The molecule has 1 aromatic carbocycles. The summed E-state index contributed by atoms with van der Waals surface area (Å²) in [6.45, 7) is 0. The van der Waals surface area contributed by atoms with Gasteiger partial charge in [-0.05, 0) is 40.8 Å². The lowest BCUT2D eigenvalue weighted by Crippen LogP contribution is -1.86. The van der Waals surface area contributed by atoms with Crippen LogP contribution in [0.2, 0.25) is 5.02 Å². The normalized spacial score (nSPS) is 10.7. The zero-order valence-electron chi connectivity index (χ0n) is 6.39. The molecule has 0 aliphatic carbocycles. The summed E-state index contributed by atoms with van der Waals surface area (Å²) in [7, 11) is 0.